The standard InChI is InChI=1S/C15H16N2O2S/c18-14(19)8-9-17(12-6-7-12)15-16-13(10-20-15)11-4-2-1-3-5-11/h1-5,10,12H,6-9H2,(H,18,19). The van der Waals surface area contributed by atoms with Crippen molar-refractivity contribution in [3.63, 3.8) is 0 Å². The second-order valence-electron chi connectivity index (χ2n) is 4.95. The SMILES string of the molecule is O=C(O)CCN(c1nc(-c2ccccc2)cs1)C1CC1. The third kappa shape index (κ3) is 2.99. The molecule has 3 rings (SSSR count). The van der Waals surface area contributed by atoms with Crippen LogP contribution in [-0.2, 0) is 4.79 Å². The summed E-state index contributed by atoms with van der Waals surface area (Å²) in [7, 11) is 0. The van der Waals surface area contributed by atoms with Gasteiger partial charge in [0.25, 0.3) is 0 Å². The van der Waals surface area contributed by atoms with Gasteiger partial charge in [-0.1, -0.05) is 30.3 Å². The predicted molar refractivity (Wildman–Crippen MR) is 80.2 cm³/mol. The highest BCUT2D eigenvalue weighted by molar-refractivity contribution is 7.14. The van der Waals surface area contributed by atoms with Crippen LogP contribution in [0.2, 0.25) is 0 Å². The van der Waals surface area contributed by atoms with Gasteiger partial charge in [0.05, 0.1) is 12.1 Å². The van der Waals surface area contributed by atoms with Gasteiger partial charge < -0.3 is 10.0 Å². The summed E-state index contributed by atoms with van der Waals surface area (Å²) in [5, 5.41) is 11.8. The lowest BCUT2D eigenvalue weighted by Gasteiger charge is -2.20. The zero-order valence-electron chi connectivity index (χ0n) is 11.0. The molecule has 2 aromatic rings. The van der Waals surface area contributed by atoms with Crippen molar-refractivity contribution >= 4 is 22.4 Å². The van der Waals surface area contributed by atoms with Gasteiger partial charge in [0, 0.05) is 23.5 Å². The number of aliphatic carboxylic acids is 1. The lowest BCUT2D eigenvalue weighted by Crippen LogP contribution is -2.28. The van der Waals surface area contributed by atoms with Gasteiger partial charge in [-0.2, -0.15) is 0 Å². The van der Waals surface area contributed by atoms with E-state index in [-0.39, 0.29) is 6.42 Å². The van der Waals surface area contributed by atoms with Crippen LogP contribution < -0.4 is 4.90 Å². The Hall–Kier alpha value is -1.88. The van der Waals surface area contributed by atoms with Crippen LogP contribution >= 0.6 is 11.3 Å². The van der Waals surface area contributed by atoms with Gasteiger partial charge in [-0.25, -0.2) is 4.98 Å². The van der Waals surface area contributed by atoms with E-state index in [4.69, 9.17) is 5.11 Å². The molecule has 1 aromatic heterocycles. The molecule has 1 aliphatic rings. The smallest absolute Gasteiger partial charge is 0.305 e. The van der Waals surface area contributed by atoms with E-state index in [1.54, 1.807) is 11.3 Å². The maximum Gasteiger partial charge on any atom is 0.305 e. The second kappa shape index (κ2) is 5.63. The average molecular weight is 288 g/mol. The third-order valence-corrected chi connectivity index (χ3v) is 4.24. The van der Waals surface area contributed by atoms with Crippen LogP contribution in [0.5, 0.6) is 0 Å². The number of hydrogen-bond acceptors (Lipinski definition) is 4. The number of thiazole rings is 1. The van der Waals surface area contributed by atoms with E-state index in [9.17, 15) is 4.79 Å². The van der Waals surface area contributed by atoms with Crippen molar-refractivity contribution in [3.05, 3.63) is 35.7 Å². The molecule has 1 heterocycles. The van der Waals surface area contributed by atoms with E-state index in [1.165, 1.54) is 0 Å². The first-order valence-corrected chi connectivity index (χ1v) is 7.61. The van der Waals surface area contributed by atoms with Crippen LogP contribution in [-0.4, -0.2) is 28.6 Å². The van der Waals surface area contributed by atoms with Crippen molar-refractivity contribution in [2.75, 3.05) is 11.4 Å². The fourth-order valence-electron chi connectivity index (χ4n) is 2.17. The molecular formula is C15H16N2O2S. The van der Waals surface area contributed by atoms with Crippen LogP contribution in [0.4, 0.5) is 5.13 Å². The molecule has 0 aliphatic heterocycles. The number of benzene rings is 1. The number of carboxylic acid groups (broad SMARTS) is 1. The molecule has 0 atom stereocenters. The predicted octanol–water partition coefficient (Wildman–Crippen LogP) is 3.25. The highest BCUT2D eigenvalue weighted by Gasteiger charge is 2.31. The van der Waals surface area contributed by atoms with Crippen molar-refractivity contribution in [3.8, 4) is 11.3 Å². The van der Waals surface area contributed by atoms with Gasteiger partial charge >= 0.3 is 5.97 Å². The van der Waals surface area contributed by atoms with Crippen LogP contribution in [0.3, 0.4) is 0 Å². The Morgan fingerprint density at radius 3 is 2.75 bits per heavy atom. The van der Waals surface area contributed by atoms with E-state index >= 15 is 0 Å². The number of rotatable bonds is 6. The molecule has 0 bridgehead atoms. The monoisotopic (exact) mass is 288 g/mol. The second-order valence-corrected chi connectivity index (χ2v) is 5.79. The zero-order chi connectivity index (χ0) is 13.9. The molecule has 0 saturated heterocycles. The van der Waals surface area contributed by atoms with E-state index < -0.39 is 5.97 Å². The van der Waals surface area contributed by atoms with Gasteiger partial charge in [0.1, 0.15) is 0 Å². The Morgan fingerprint density at radius 1 is 1.35 bits per heavy atom. The molecule has 1 aliphatic carbocycles. The topological polar surface area (TPSA) is 53.4 Å². The molecule has 1 fully saturated rings. The van der Waals surface area contributed by atoms with Gasteiger partial charge in [0.15, 0.2) is 5.13 Å². The fourth-order valence-corrected chi connectivity index (χ4v) is 3.11. The Balaban J connectivity index is 1.78. The van der Waals surface area contributed by atoms with Crippen molar-refractivity contribution in [2.24, 2.45) is 0 Å². The van der Waals surface area contributed by atoms with E-state index in [2.05, 4.69) is 9.88 Å². The molecule has 5 heteroatoms. The van der Waals surface area contributed by atoms with Gasteiger partial charge in [-0.3, -0.25) is 4.79 Å². The maximum absolute atomic E-state index is 10.8. The van der Waals surface area contributed by atoms with Crippen LogP contribution in [0, 0.1) is 0 Å². The third-order valence-electron chi connectivity index (χ3n) is 3.36. The van der Waals surface area contributed by atoms with Crippen molar-refractivity contribution < 1.29 is 9.90 Å². The molecule has 0 spiro atoms. The van der Waals surface area contributed by atoms with Crippen LogP contribution in [0.1, 0.15) is 19.3 Å². The first-order valence-electron chi connectivity index (χ1n) is 6.73. The Kier molecular flexibility index (Phi) is 3.69. The number of anilines is 1. The van der Waals surface area contributed by atoms with Crippen LogP contribution in [0.15, 0.2) is 35.7 Å². The number of nitrogens with zero attached hydrogens (tertiary/aromatic N) is 2. The average Bonchev–Trinajstić information content (AvgIpc) is 3.17. The largest absolute Gasteiger partial charge is 0.481 e. The normalized spacial score (nSPS) is 14.2. The molecule has 104 valence electrons. The highest BCUT2D eigenvalue weighted by Crippen LogP contribution is 2.35. The van der Waals surface area contributed by atoms with Crippen molar-refractivity contribution in [2.45, 2.75) is 25.3 Å². The summed E-state index contributed by atoms with van der Waals surface area (Å²) in [5.74, 6) is -0.754. The van der Waals surface area contributed by atoms with Gasteiger partial charge in [-0.15, -0.1) is 11.3 Å². The number of hydrogen-bond donors (Lipinski definition) is 1. The molecule has 20 heavy (non-hydrogen) atoms. The van der Waals surface area contributed by atoms with Crippen molar-refractivity contribution in [1.82, 2.24) is 4.98 Å². The Labute approximate surface area is 121 Å². The highest BCUT2D eigenvalue weighted by atomic mass is 32.1. The van der Waals surface area contributed by atoms with Gasteiger partial charge in [-0.05, 0) is 12.8 Å². The fraction of sp³-hybridized carbons (Fsp3) is 0.333. The molecule has 1 aromatic carbocycles. The van der Waals surface area contributed by atoms with Gasteiger partial charge in [0.2, 0.25) is 0 Å². The van der Waals surface area contributed by atoms with E-state index in [1.807, 2.05) is 35.7 Å². The van der Waals surface area contributed by atoms with Crippen molar-refractivity contribution in [1.29, 1.82) is 0 Å². The summed E-state index contributed by atoms with van der Waals surface area (Å²) in [5.41, 5.74) is 2.07. The van der Waals surface area contributed by atoms with E-state index in [0.29, 0.717) is 12.6 Å². The summed E-state index contributed by atoms with van der Waals surface area (Å²) in [6.07, 6.45) is 2.44. The lowest BCUT2D eigenvalue weighted by molar-refractivity contribution is -0.136. The summed E-state index contributed by atoms with van der Waals surface area (Å²) in [6.45, 7) is 0.543. The molecule has 1 N–H and O–H groups in total. The van der Waals surface area contributed by atoms with E-state index in [0.717, 1.165) is 29.2 Å². The quantitative estimate of drug-likeness (QED) is 0.886. The summed E-state index contributed by atoms with van der Waals surface area (Å²) < 4.78 is 0. The Morgan fingerprint density at radius 2 is 2.10 bits per heavy atom. The summed E-state index contributed by atoms with van der Waals surface area (Å²) in [4.78, 5) is 17.6. The molecule has 0 amide bonds. The molecule has 0 unspecified atom stereocenters. The first kappa shape index (κ1) is 13.1. The summed E-state index contributed by atoms with van der Waals surface area (Å²) >= 11 is 1.59. The minimum Gasteiger partial charge on any atom is -0.481 e. The first-order chi connectivity index (χ1) is 9.74. The molecule has 1 saturated carbocycles. The number of carbonyl (C=O) groups is 1. The number of aromatic nitrogens is 1. The molecule has 4 nitrogen and oxygen atoms in total. The Bertz CT molecular complexity index is 593. The lowest BCUT2D eigenvalue weighted by atomic mass is 10.2. The zero-order valence-corrected chi connectivity index (χ0v) is 11.8. The molecule has 0 radical (unpaired) electrons. The maximum atomic E-state index is 10.8. The minimum atomic E-state index is -0.754. The molecular weight excluding hydrogens is 272 g/mol. The summed E-state index contributed by atoms with van der Waals surface area (Å²) in [6, 6.07) is 10.5. The van der Waals surface area contributed by atoms with Crippen LogP contribution in [0.25, 0.3) is 11.3 Å². The minimum absolute atomic E-state index is 0.163. The number of carboxylic acids is 1.